The lowest BCUT2D eigenvalue weighted by Gasteiger charge is -2.08. The lowest BCUT2D eigenvalue weighted by molar-refractivity contribution is 0.599. The normalized spacial score (nSPS) is 12.3. The third-order valence-electron chi connectivity index (χ3n) is 6.09. The largest absolute Gasteiger partial charge is 0.436 e. The topological polar surface area (TPSA) is 170 Å². The van der Waals surface area contributed by atoms with Gasteiger partial charge >= 0.3 is 0 Å². The molecule has 3 heterocycles. The standard InChI is InChI=1S/C25H15N7O5S4/c33-40(34,17-6-8-19-21(12-17)29-38-27-19)31-15-3-1-14(2-4-15)25-26-23-11-16(5-10-24(23)37-25)32-41(35,36)18-7-9-20-22(13-18)30-39-28-20/h1-13,31-32H. The number of sulfonamides is 2. The van der Waals surface area contributed by atoms with Crippen molar-refractivity contribution in [3.05, 3.63) is 78.9 Å². The van der Waals surface area contributed by atoms with Crippen molar-refractivity contribution in [1.29, 1.82) is 0 Å². The first kappa shape index (κ1) is 25.5. The number of anilines is 2. The van der Waals surface area contributed by atoms with Crippen LogP contribution in [0.25, 0.3) is 44.6 Å². The van der Waals surface area contributed by atoms with Crippen LogP contribution in [-0.4, -0.2) is 39.3 Å². The van der Waals surface area contributed by atoms with Crippen molar-refractivity contribution in [2.75, 3.05) is 9.44 Å². The van der Waals surface area contributed by atoms with E-state index in [2.05, 4.69) is 31.9 Å². The minimum atomic E-state index is -3.88. The first-order chi connectivity index (χ1) is 19.7. The summed E-state index contributed by atoms with van der Waals surface area (Å²) in [7, 11) is -7.72. The number of rotatable bonds is 7. The number of benzene rings is 4. The highest BCUT2D eigenvalue weighted by molar-refractivity contribution is 7.93. The third-order valence-corrected chi connectivity index (χ3v) is 9.97. The predicted octanol–water partition coefficient (Wildman–Crippen LogP) is 5.11. The van der Waals surface area contributed by atoms with Crippen molar-refractivity contribution >= 4 is 88.0 Å². The fourth-order valence-electron chi connectivity index (χ4n) is 4.08. The van der Waals surface area contributed by atoms with Crippen LogP contribution in [0.3, 0.4) is 0 Å². The molecule has 0 bridgehead atoms. The van der Waals surface area contributed by atoms with E-state index in [0.29, 0.717) is 50.1 Å². The lowest BCUT2D eigenvalue weighted by atomic mass is 10.2. The fourth-order valence-corrected chi connectivity index (χ4v) is 7.26. The Kier molecular flexibility index (Phi) is 5.93. The van der Waals surface area contributed by atoms with Crippen LogP contribution >= 0.6 is 23.5 Å². The number of hydrogen-bond acceptors (Lipinski definition) is 12. The van der Waals surface area contributed by atoms with Gasteiger partial charge in [0.25, 0.3) is 20.0 Å². The lowest BCUT2D eigenvalue weighted by Crippen LogP contribution is -2.12. The highest BCUT2D eigenvalue weighted by atomic mass is 32.2. The minimum Gasteiger partial charge on any atom is -0.436 e. The summed E-state index contributed by atoms with van der Waals surface area (Å²) in [6.07, 6.45) is 0. The summed E-state index contributed by atoms with van der Waals surface area (Å²) in [5.41, 5.74) is 4.43. The molecule has 0 saturated heterocycles. The molecule has 3 aromatic heterocycles. The summed E-state index contributed by atoms with van der Waals surface area (Å²) < 4.78 is 78.9. The molecule has 0 saturated carbocycles. The van der Waals surface area contributed by atoms with Gasteiger partial charge in [-0.1, -0.05) is 0 Å². The summed E-state index contributed by atoms with van der Waals surface area (Å²) in [6.45, 7) is 0. The van der Waals surface area contributed by atoms with Crippen molar-refractivity contribution in [2.45, 2.75) is 9.79 Å². The van der Waals surface area contributed by atoms with Gasteiger partial charge < -0.3 is 4.42 Å². The molecule has 204 valence electrons. The Labute approximate surface area is 240 Å². The summed E-state index contributed by atoms with van der Waals surface area (Å²) in [5.74, 6) is 0.289. The van der Waals surface area contributed by atoms with Crippen molar-refractivity contribution in [3.8, 4) is 11.5 Å². The zero-order valence-electron chi connectivity index (χ0n) is 20.4. The Morgan fingerprint density at radius 1 is 0.561 bits per heavy atom. The Morgan fingerprint density at radius 2 is 1.10 bits per heavy atom. The minimum absolute atomic E-state index is 0.0649. The SMILES string of the molecule is O=S(=O)(Nc1ccc(-c2nc3cc(NS(=O)(=O)c4ccc5nsnc5c4)ccc3o2)cc1)c1ccc2nsnc2c1. The van der Waals surface area contributed by atoms with Gasteiger partial charge in [-0.3, -0.25) is 9.44 Å². The van der Waals surface area contributed by atoms with Crippen molar-refractivity contribution in [1.82, 2.24) is 22.5 Å². The number of fused-ring (bicyclic) bond motifs is 3. The quantitative estimate of drug-likeness (QED) is 0.244. The molecule has 0 aliphatic heterocycles. The van der Waals surface area contributed by atoms with Crippen LogP contribution in [0.15, 0.2) is 93.1 Å². The van der Waals surface area contributed by atoms with Gasteiger partial charge in [0.05, 0.1) is 38.9 Å². The third kappa shape index (κ3) is 4.86. The van der Waals surface area contributed by atoms with E-state index in [1.54, 1.807) is 54.6 Å². The van der Waals surface area contributed by atoms with Crippen molar-refractivity contribution in [3.63, 3.8) is 0 Å². The number of hydrogen-bond donors (Lipinski definition) is 2. The van der Waals surface area contributed by atoms with Gasteiger partial charge in [0.15, 0.2) is 5.58 Å². The Bertz CT molecular complexity index is 2310. The highest BCUT2D eigenvalue weighted by Crippen LogP contribution is 2.29. The molecule has 0 atom stereocenters. The Balaban J connectivity index is 1.10. The number of nitrogens with one attached hydrogen (secondary N) is 2. The maximum Gasteiger partial charge on any atom is 0.261 e. The van der Waals surface area contributed by atoms with Gasteiger partial charge in [-0.25, -0.2) is 21.8 Å². The maximum atomic E-state index is 12.9. The van der Waals surface area contributed by atoms with E-state index in [4.69, 9.17) is 4.42 Å². The van der Waals surface area contributed by atoms with E-state index in [1.807, 2.05) is 0 Å². The van der Waals surface area contributed by atoms with E-state index in [-0.39, 0.29) is 15.7 Å². The average Bonchev–Trinajstić information content (AvgIpc) is 3.71. The van der Waals surface area contributed by atoms with E-state index in [9.17, 15) is 16.8 Å². The van der Waals surface area contributed by atoms with Crippen LogP contribution in [0.2, 0.25) is 0 Å². The van der Waals surface area contributed by atoms with Gasteiger partial charge in [-0.2, -0.15) is 17.5 Å². The van der Waals surface area contributed by atoms with E-state index in [0.717, 1.165) is 23.5 Å². The van der Waals surface area contributed by atoms with E-state index < -0.39 is 20.0 Å². The average molecular weight is 622 g/mol. The monoisotopic (exact) mass is 621 g/mol. The molecule has 0 fully saturated rings. The molecule has 16 heteroatoms. The predicted molar refractivity (Wildman–Crippen MR) is 156 cm³/mol. The van der Waals surface area contributed by atoms with Crippen LogP contribution in [-0.2, 0) is 20.0 Å². The summed E-state index contributed by atoms with van der Waals surface area (Å²) in [5, 5.41) is 0. The molecule has 0 spiro atoms. The van der Waals surface area contributed by atoms with Gasteiger partial charge in [-0.15, -0.1) is 0 Å². The smallest absolute Gasteiger partial charge is 0.261 e. The molecule has 0 radical (unpaired) electrons. The summed E-state index contributed by atoms with van der Waals surface area (Å²) >= 11 is 2.03. The second-order valence-electron chi connectivity index (χ2n) is 8.82. The second-order valence-corrected chi connectivity index (χ2v) is 13.2. The van der Waals surface area contributed by atoms with Crippen LogP contribution in [0.4, 0.5) is 11.4 Å². The van der Waals surface area contributed by atoms with E-state index in [1.165, 1.54) is 24.3 Å². The maximum absolute atomic E-state index is 12.9. The molecular formula is C25H15N7O5S4. The number of aromatic nitrogens is 5. The zero-order chi connectivity index (χ0) is 28.2. The van der Waals surface area contributed by atoms with Gasteiger partial charge in [0.1, 0.15) is 27.6 Å². The number of oxazole rings is 1. The summed E-state index contributed by atoms with van der Waals surface area (Å²) in [6, 6.07) is 20.4. The van der Waals surface area contributed by atoms with Gasteiger partial charge in [0.2, 0.25) is 5.89 Å². The summed E-state index contributed by atoms with van der Waals surface area (Å²) in [4.78, 5) is 4.63. The first-order valence-electron chi connectivity index (χ1n) is 11.7. The molecule has 0 aliphatic rings. The second kappa shape index (κ2) is 9.55. The molecule has 0 unspecified atom stereocenters. The van der Waals surface area contributed by atoms with Crippen LogP contribution in [0.5, 0.6) is 0 Å². The Morgan fingerprint density at radius 3 is 1.71 bits per heavy atom. The first-order valence-corrected chi connectivity index (χ1v) is 16.2. The number of nitrogens with zero attached hydrogens (tertiary/aromatic N) is 5. The fraction of sp³-hybridized carbons (Fsp3) is 0. The molecule has 41 heavy (non-hydrogen) atoms. The van der Waals surface area contributed by atoms with Crippen LogP contribution in [0.1, 0.15) is 0 Å². The van der Waals surface area contributed by atoms with Crippen molar-refractivity contribution in [2.24, 2.45) is 0 Å². The molecule has 0 amide bonds. The molecular weight excluding hydrogens is 607 g/mol. The van der Waals surface area contributed by atoms with Crippen molar-refractivity contribution < 1.29 is 21.3 Å². The van der Waals surface area contributed by atoms with Crippen LogP contribution < -0.4 is 9.44 Å². The highest BCUT2D eigenvalue weighted by Gasteiger charge is 2.18. The van der Waals surface area contributed by atoms with Gasteiger partial charge in [-0.05, 0) is 78.9 Å². The molecule has 7 rings (SSSR count). The molecule has 4 aromatic carbocycles. The molecule has 0 aliphatic carbocycles. The Hall–Kier alpha value is -4.51. The molecule has 12 nitrogen and oxygen atoms in total. The molecule has 7 aromatic rings. The van der Waals surface area contributed by atoms with Crippen LogP contribution in [0, 0.1) is 0 Å². The van der Waals surface area contributed by atoms with E-state index >= 15 is 0 Å². The van der Waals surface area contributed by atoms with Gasteiger partial charge in [0, 0.05) is 11.3 Å². The molecule has 2 N–H and O–H groups in total. The zero-order valence-corrected chi connectivity index (χ0v) is 23.7.